The standard InChI is InChI=1S/C27H33N3O5/c31-27(29-11-9-28(10-12-29)17-20-4-6-24-25(15-20)35-19-34-24)18-30-8-1-3-22(30)21-5-7-23-26(16-21)33-14-2-13-32-23/h4-7,15-16,22H,1-3,8-14,17-19H2/t22-/m0/s1. The van der Waals surface area contributed by atoms with Crippen LogP contribution in [0.25, 0.3) is 0 Å². The molecule has 0 saturated carbocycles. The quantitative estimate of drug-likeness (QED) is 0.653. The van der Waals surface area contributed by atoms with Crippen molar-refractivity contribution in [1.29, 1.82) is 0 Å². The zero-order valence-electron chi connectivity index (χ0n) is 20.1. The van der Waals surface area contributed by atoms with E-state index in [1.165, 1.54) is 11.1 Å². The van der Waals surface area contributed by atoms with E-state index < -0.39 is 0 Å². The summed E-state index contributed by atoms with van der Waals surface area (Å²) in [5.74, 6) is 3.53. The summed E-state index contributed by atoms with van der Waals surface area (Å²) in [6.45, 7) is 7.26. The van der Waals surface area contributed by atoms with Gasteiger partial charge in [-0.1, -0.05) is 12.1 Å². The fourth-order valence-corrected chi connectivity index (χ4v) is 5.51. The Labute approximate surface area is 206 Å². The lowest BCUT2D eigenvalue weighted by molar-refractivity contribution is -0.134. The second-order valence-electron chi connectivity index (χ2n) is 9.73. The number of carbonyl (C=O) groups is 1. The monoisotopic (exact) mass is 479 g/mol. The first-order chi connectivity index (χ1) is 17.2. The fraction of sp³-hybridized carbons (Fsp3) is 0.519. The van der Waals surface area contributed by atoms with Crippen LogP contribution in [0.15, 0.2) is 36.4 Å². The number of rotatable bonds is 5. The van der Waals surface area contributed by atoms with Crippen LogP contribution in [0.1, 0.15) is 36.4 Å². The molecule has 1 amide bonds. The van der Waals surface area contributed by atoms with E-state index in [4.69, 9.17) is 18.9 Å². The maximum atomic E-state index is 13.2. The molecule has 0 radical (unpaired) electrons. The predicted molar refractivity (Wildman–Crippen MR) is 130 cm³/mol. The average Bonchev–Trinajstić information content (AvgIpc) is 3.47. The van der Waals surface area contributed by atoms with Gasteiger partial charge in [0.15, 0.2) is 23.0 Å². The van der Waals surface area contributed by atoms with Crippen LogP contribution in [0.4, 0.5) is 0 Å². The molecule has 0 unspecified atom stereocenters. The smallest absolute Gasteiger partial charge is 0.236 e. The van der Waals surface area contributed by atoms with E-state index in [0.29, 0.717) is 26.6 Å². The van der Waals surface area contributed by atoms with Crippen molar-refractivity contribution >= 4 is 5.91 Å². The van der Waals surface area contributed by atoms with Gasteiger partial charge in [0.2, 0.25) is 12.7 Å². The van der Waals surface area contributed by atoms with Gasteiger partial charge in [0, 0.05) is 45.2 Å². The van der Waals surface area contributed by atoms with Crippen molar-refractivity contribution in [2.75, 3.05) is 59.3 Å². The first-order valence-corrected chi connectivity index (χ1v) is 12.8. The molecule has 0 N–H and O–H groups in total. The molecule has 1 atom stereocenters. The molecule has 2 fully saturated rings. The van der Waals surface area contributed by atoms with Gasteiger partial charge in [-0.3, -0.25) is 14.6 Å². The summed E-state index contributed by atoms with van der Waals surface area (Å²) in [5.41, 5.74) is 2.43. The molecule has 186 valence electrons. The van der Waals surface area contributed by atoms with E-state index >= 15 is 0 Å². The van der Waals surface area contributed by atoms with Crippen LogP contribution in [0.3, 0.4) is 0 Å². The molecular formula is C27H33N3O5. The number of hydrogen-bond donors (Lipinski definition) is 0. The van der Waals surface area contributed by atoms with Crippen LogP contribution in [0.2, 0.25) is 0 Å². The summed E-state index contributed by atoms with van der Waals surface area (Å²) < 4.78 is 22.6. The number of piperazine rings is 1. The molecule has 4 heterocycles. The Morgan fingerprint density at radius 2 is 1.54 bits per heavy atom. The van der Waals surface area contributed by atoms with Gasteiger partial charge in [0.1, 0.15) is 0 Å². The number of ether oxygens (including phenoxy) is 4. The third-order valence-corrected chi connectivity index (χ3v) is 7.43. The maximum Gasteiger partial charge on any atom is 0.236 e. The van der Waals surface area contributed by atoms with Gasteiger partial charge in [-0.05, 0) is 54.8 Å². The van der Waals surface area contributed by atoms with Gasteiger partial charge in [-0.15, -0.1) is 0 Å². The Balaban J connectivity index is 1.03. The second kappa shape index (κ2) is 9.95. The second-order valence-corrected chi connectivity index (χ2v) is 9.73. The van der Waals surface area contributed by atoms with Gasteiger partial charge in [-0.25, -0.2) is 0 Å². The minimum Gasteiger partial charge on any atom is -0.490 e. The Hall–Kier alpha value is -2.97. The molecule has 8 heteroatoms. The number of nitrogens with zero attached hydrogens (tertiary/aromatic N) is 3. The zero-order chi connectivity index (χ0) is 23.6. The molecule has 2 saturated heterocycles. The van der Waals surface area contributed by atoms with E-state index in [2.05, 4.69) is 34.1 Å². The van der Waals surface area contributed by atoms with Crippen LogP contribution >= 0.6 is 0 Å². The molecule has 4 aliphatic heterocycles. The number of benzene rings is 2. The van der Waals surface area contributed by atoms with Crippen molar-refractivity contribution < 1.29 is 23.7 Å². The minimum atomic E-state index is 0.231. The highest BCUT2D eigenvalue weighted by Gasteiger charge is 2.31. The molecule has 35 heavy (non-hydrogen) atoms. The Morgan fingerprint density at radius 3 is 2.43 bits per heavy atom. The topological polar surface area (TPSA) is 63.7 Å². The van der Waals surface area contributed by atoms with Gasteiger partial charge >= 0.3 is 0 Å². The first-order valence-electron chi connectivity index (χ1n) is 12.8. The Bertz CT molecular complexity index is 1070. The Kier molecular flexibility index (Phi) is 6.39. The lowest BCUT2D eigenvalue weighted by Gasteiger charge is -2.36. The molecule has 2 aromatic carbocycles. The molecule has 6 rings (SSSR count). The maximum absolute atomic E-state index is 13.2. The lowest BCUT2D eigenvalue weighted by atomic mass is 10.0. The summed E-state index contributed by atoms with van der Waals surface area (Å²) in [6, 6.07) is 12.7. The number of hydrogen-bond acceptors (Lipinski definition) is 7. The fourth-order valence-electron chi connectivity index (χ4n) is 5.51. The summed E-state index contributed by atoms with van der Waals surface area (Å²) in [4.78, 5) is 20.0. The van der Waals surface area contributed by atoms with Gasteiger partial charge in [0.05, 0.1) is 19.8 Å². The van der Waals surface area contributed by atoms with Crippen LogP contribution in [0.5, 0.6) is 23.0 Å². The molecule has 0 spiro atoms. The van der Waals surface area contributed by atoms with Gasteiger partial charge in [-0.2, -0.15) is 0 Å². The van der Waals surface area contributed by atoms with Crippen molar-refractivity contribution in [3.63, 3.8) is 0 Å². The van der Waals surface area contributed by atoms with Crippen LogP contribution in [-0.2, 0) is 11.3 Å². The molecule has 8 nitrogen and oxygen atoms in total. The van der Waals surface area contributed by atoms with Crippen LogP contribution < -0.4 is 18.9 Å². The van der Waals surface area contributed by atoms with E-state index in [9.17, 15) is 4.79 Å². The lowest BCUT2D eigenvalue weighted by Crippen LogP contribution is -2.50. The number of fused-ring (bicyclic) bond motifs is 2. The van der Waals surface area contributed by atoms with Crippen molar-refractivity contribution in [1.82, 2.24) is 14.7 Å². The third kappa shape index (κ3) is 4.90. The van der Waals surface area contributed by atoms with Gasteiger partial charge < -0.3 is 23.8 Å². The molecule has 0 aromatic heterocycles. The summed E-state index contributed by atoms with van der Waals surface area (Å²) in [5, 5.41) is 0. The Morgan fingerprint density at radius 1 is 0.800 bits per heavy atom. The molecule has 0 bridgehead atoms. The SMILES string of the molecule is O=C(CN1CCC[C@H]1c1ccc2c(c1)OCCCO2)N1CCN(Cc2ccc3c(c2)OCO3)CC1. The molecule has 0 aliphatic carbocycles. The normalized spacial score (nSPS) is 22.3. The summed E-state index contributed by atoms with van der Waals surface area (Å²) in [6.07, 6.45) is 3.07. The number of carbonyl (C=O) groups excluding carboxylic acids is 1. The predicted octanol–water partition coefficient (Wildman–Crippen LogP) is 3.06. The molecule has 4 aliphatic rings. The first kappa shape index (κ1) is 22.5. The highest BCUT2D eigenvalue weighted by atomic mass is 16.7. The minimum absolute atomic E-state index is 0.231. The number of amides is 1. The largest absolute Gasteiger partial charge is 0.490 e. The molecule has 2 aromatic rings. The number of likely N-dealkylation sites (tertiary alicyclic amines) is 1. The highest BCUT2D eigenvalue weighted by molar-refractivity contribution is 5.78. The highest BCUT2D eigenvalue weighted by Crippen LogP contribution is 2.38. The van der Waals surface area contributed by atoms with Gasteiger partial charge in [0.25, 0.3) is 0 Å². The van der Waals surface area contributed by atoms with E-state index in [-0.39, 0.29) is 11.9 Å². The van der Waals surface area contributed by atoms with Crippen molar-refractivity contribution in [2.24, 2.45) is 0 Å². The summed E-state index contributed by atoms with van der Waals surface area (Å²) >= 11 is 0. The third-order valence-electron chi connectivity index (χ3n) is 7.43. The van der Waals surface area contributed by atoms with Crippen molar-refractivity contribution in [2.45, 2.75) is 31.8 Å². The van der Waals surface area contributed by atoms with Crippen molar-refractivity contribution in [3.8, 4) is 23.0 Å². The summed E-state index contributed by atoms with van der Waals surface area (Å²) in [7, 11) is 0. The van der Waals surface area contributed by atoms with E-state index in [1.807, 2.05) is 17.0 Å². The van der Waals surface area contributed by atoms with Crippen LogP contribution in [-0.4, -0.2) is 79.9 Å². The molecular weight excluding hydrogens is 446 g/mol. The van der Waals surface area contributed by atoms with Crippen LogP contribution in [0, 0.1) is 0 Å². The zero-order valence-corrected chi connectivity index (χ0v) is 20.1. The van der Waals surface area contributed by atoms with Crippen molar-refractivity contribution in [3.05, 3.63) is 47.5 Å². The van der Waals surface area contributed by atoms with E-state index in [1.54, 1.807) is 0 Å². The average molecular weight is 480 g/mol. The van der Waals surface area contributed by atoms with E-state index in [0.717, 1.165) is 81.5 Å².